The summed E-state index contributed by atoms with van der Waals surface area (Å²) < 4.78 is 0. The van der Waals surface area contributed by atoms with Gasteiger partial charge in [-0.05, 0) is 30.3 Å². The number of hydrogen-bond donors (Lipinski definition) is 2. The number of thiocarbonyl (C=S) groups is 1. The standard InChI is InChI=1S/C16H17N3S/c1-13(15-10-6-3-7-11-15)18-19-16(20)17-12-14-8-4-2-5-9-14/h2-11H,12H2,1H3,(H2,17,19,20)/b18-13-. The molecule has 0 aliphatic rings. The Morgan fingerprint density at radius 3 is 2.25 bits per heavy atom. The Labute approximate surface area is 124 Å². The fourth-order valence-electron chi connectivity index (χ4n) is 1.70. The van der Waals surface area contributed by atoms with E-state index in [-0.39, 0.29) is 0 Å². The van der Waals surface area contributed by atoms with E-state index in [1.807, 2.05) is 67.6 Å². The highest BCUT2D eigenvalue weighted by Gasteiger charge is 1.97. The first-order valence-corrected chi connectivity index (χ1v) is 6.84. The van der Waals surface area contributed by atoms with Gasteiger partial charge in [0.2, 0.25) is 0 Å². The van der Waals surface area contributed by atoms with Crippen LogP contribution in [-0.4, -0.2) is 10.8 Å². The van der Waals surface area contributed by atoms with Gasteiger partial charge in [-0.15, -0.1) is 0 Å². The summed E-state index contributed by atoms with van der Waals surface area (Å²) in [5, 5.41) is 7.91. The fourth-order valence-corrected chi connectivity index (χ4v) is 1.81. The zero-order valence-electron chi connectivity index (χ0n) is 11.3. The Hall–Kier alpha value is -2.20. The third kappa shape index (κ3) is 4.48. The van der Waals surface area contributed by atoms with Crippen LogP contribution in [0.3, 0.4) is 0 Å². The minimum atomic E-state index is 0.518. The number of hydrazone groups is 1. The second-order valence-corrected chi connectivity index (χ2v) is 4.75. The van der Waals surface area contributed by atoms with Crippen molar-refractivity contribution in [3.05, 3.63) is 71.8 Å². The number of hydrogen-bond acceptors (Lipinski definition) is 2. The molecule has 0 aliphatic heterocycles. The summed E-state index contributed by atoms with van der Waals surface area (Å²) in [5.74, 6) is 0. The number of nitrogens with zero attached hydrogens (tertiary/aromatic N) is 1. The molecule has 102 valence electrons. The molecule has 4 heteroatoms. The van der Waals surface area contributed by atoms with Crippen LogP contribution in [0.4, 0.5) is 0 Å². The maximum atomic E-state index is 5.19. The minimum absolute atomic E-state index is 0.518. The first-order valence-electron chi connectivity index (χ1n) is 6.43. The molecule has 2 aromatic carbocycles. The SMILES string of the molecule is C/C(=N/NC(=S)NCc1ccccc1)c1ccccc1. The molecule has 2 N–H and O–H groups in total. The summed E-state index contributed by atoms with van der Waals surface area (Å²) in [7, 11) is 0. The van der Waals surface area contributed by atoms with E-state index in [0.29, 0.717) is 11.7 Å². The van der Waals surface area contributed by atoms with Gasteiger partial charge in [0, 0.05) is 6.54 Å². The van der Waals surface area contributed by atoms with Crippen LogP contribution in [0.25, 0.3) is 0 Å². The molecule has 0 saturated heterocycles. The zero-order chi connectivity index (χ0) is 14.2. The predicted octanol–water partition coefficient (Wildman–Crippen LogP) is 3.07. The molecule has 0 heterocycles. The van der Waals surface area contributed by atoms with Gasteiger partial charge in [0.15, 0.2) is 5.11 Å². The summed E-state index contributed by atoms with van der Waals surface area (Å²) in [4.78, 5) is 0. The topological polar surface area (TPSA) is 36.4 Å². The van der Waals surface area contributed by atoms with E-state index in [0.717, 1.165) is 11.3 Å². The summed E-state index contributed by atoms with van der Waals surface area (Å²) in [5.41, 5.74) is 6.01. The van der Waals surface area contributed by atoms with Crippen LogP contribution in [0.5, 0.6) is 0 Å². The van der Waals surface area contributed by atoms with E-state index in [4.69, 9.17) is 12.2 Å². The number of rotatable bonds is 4. The van der Waals surface area contributed by atoms with Gasteiger partial charge in [-0.25, -0.2) is 0 Å². The maximum absolute atomic E-state index is 5.19. The molecule has 0 amide bonds. The summed E-state index contributed by atoms with van der Waals surface area (Å²) in [6.45, 7) is 2.63. The van der Waals surface area contributed by atoms with E-state index >= 15 is 0 Å². The van der Waals surface area contributed by atoms with E-state index in [2.05, 4.69) is 15.8 Å². The molecule has 20 heavy (non-hydrogen) atoms. The van der Waals surface area contributed by atoms with E-state index in [1.54, 1.807) is 0 Å². The molecule has 2 rings (SSSR count). The molecule has 0 unspecified atom stereocenters. The Bertz CT molecular complexity index is 579. The van der Waals surface area contributed by atoms with Crippen molar-refractivity contribution in [2.45, 2.75) is 13.5 Å². The molecule has 0 radical (unpaired) electrons. The number of benzene rings is 2. The molecule has 0 atom stereocenters. The average molecular weight is 283 g/mol. The lowest BCUT2D eigenvalue weighted by molar-refractivity contribution is 0.866. The van der Waals surface area contributed by atoms with Crippen molar-refractivity contribution in [2.24, 2.45) is 5.10 Å². The lowest BCUT2D eigenvalue weighted by Crippen LogP contribution is -2.32. The minimum Gasteiger partial charge on any atom is -0.357 e. The van der Waals surface area contributed by atoms with Gasteiger partial charge in [-0.3, -0.25) is 5.43 Å². The first-order chi connectivity index (χ1) is 9.75. The molecule has 0 fully saturated rings. The lowest BCUT2D eigenvalue weighted by Gasteiger charge is -2.08. The Morgan fingerprint density at radius 1 is 1.00 bits per heavy atom. The van der Waals surface area contributed by atoms with E-state index in [9.17, 15) is 0 Å². The number of nitrogens with one attached hydrogen (secondary N) is 2. The van der Waals surface area contributed by atoms with Crippen LogP contribution < -0.4 is 10.7 Å². The fraction of sp³-hybridized carbons (Fsp3) is 0.125. The largest absolute Gasteiger partial charge is 0.357 e. The molecular weight excluding hydrogens is 266 g/mol. The van der Waals surface area contributed by atoms with Crippen LogP contribution >= 0.6 is 12.2 Å². The molecule has 0 aliphatic carbocycles. The van der Waals surface area contributed by atoms with Crippen molar-refractivity contribution in [3.8, 4) is 0 Å². The van der Waals surface area contributed by atoms with E-state index < -0.39 is 0 Å². The molecule has 3 nitrogen and oxygen atoms in total. The van der Waals surface area contributed by atoms with Gasteiger partial charge in [-0.2, -0.15) is 5.10 Å². The van der Waals surface area contributed by atoms with Crippen LogP contribution in [0.2, 0.25) is 0 Å². The van der Waals surface area contributed by atoms with Crippen LogP contribution in [-0.2, 0) is 6.54 Å². The summed E-state index contributed by atoms with van der Waals surface area (Å²) in [6.07, 6.45) is 0. The molecule has 0 saturated carbocycles. The molecule has 0 spiro atoms. The van der Waals surface area contributed by atoms with Crippen LogP contribution in [0.15, 0.2) is 65.8 Å². The quantitative estimate of drug-likeness (QED) is 0.514. The second kappa shape index (κ2) is 7.40. The van der Waals surface area contributed by atoms with E-state index in [1.165, 1.54) is 5.56 Å². The zero-order valence-corrected chi connectivity index (χ0v) is 12.2. The molecule has 2 aromatic rings. The first kappa shape index (κ1) is 14.2. The molecular formula is C16H17N3S. The van der Waals surface area contributed by atoms with Crippen molar-refractivity contribution in [1.82, 2.24) is 10.7 Å². The van der Waals surface area contributed by atoms with Gasteiger partial charge < -0.3 is 5.32 Å². The highest BCUT2D eigenvalue weighted by Crippen LogP contribution is 2.00. The van der Waals surface area contributed by atoms with Crippen molar-refractivity contribution < 1.29 is 0 Å². The second-order valence-electron chi connectivity index (χ2n) is 4.34. The van der Waals surface area contributed by atoms with Gasteiger partial charge in [-0.1, -0.05) is 60.7 Å². The summed E-state index contributed by atoms with van der Waals surface area (Å²) >= 11 is 5.19. The van der Waals surface area contributed by atoms with Crippen molar-refractivity contribution >= 4 is 23.0 Å². The third-order valence-electron chi connectivity index (χ3n) is 2.81. The Morgan fingerprint density at radius 2 is 1.60 bits per heavy atom. The third-order valence-corrected chi connectivity index (χ3v) is 3.05. The van der Waals surface area contributed by atoms with Crippen molar-refractivity contribution in [2.75, 3.05) is 0 Å². The Balaban J connectivity index is 1.83. The average Bonchev–Trinajstić information content (AvgIpc) is 2.52. The highest BCUT2D eigenvalue weighted by atomic mass is 32.1. The van der Waals surface area contributed by atoms with Crippen LogP contribution in [0.1, 0.15) is 18.1 Å². The lowest BCUT2D eigenvalue weighted by atomic mass is 10.1. The Kier molecular flexibility index (Phi) is 5.26. The molecule has 0 aromatic heterocycles. The van der Waals surface area contributed by atoms with Gasteiger partial charge >= 0.3 is 0 Å². The van der Waals surface area contributed by atoms with Gasteiger partial charge in [0.05, 0.1) is 5.71 Å². The maximum Gasteiger partial charge on any atom is 0.187 e. The normalized spacial score (nSPS) is 10.9. The smallest absolute Gasteiger partial charge is 0.187 e. The predicted molar refractivity (Wildman–Crippen MR) is 87.7 cm³/mol. The highest BCUT2D eigenvalue weighted by molar-refractivity contribution is 7.80. The summed E-state index contributed by atoms with van der Waals surface area (Å²) in [6, 6.07) is 20.1. The van der Waals surface area contributed by atoms with Crippen LogP contribution in [0, 0.1) is 0 Å². The monoisotopic (exact) mass is 283 g/mol. The van der Waals surface area contributed by atoms with Crippen molar-refractivity contribution in [1.29, 1.82) is 0 Å². The molecule has 0 bridgehead atoms. The van der Waals surface area contributed by atoms with Crippen molar-refractivity contribution in [3.63, 3.8) is 0 Å². The van der Waals surface area contributed by atoms with Gasteiger partial charge in [0.1, 0.15) is 0 Å². The van der Waals surface area contributed by atoms with Gasteiger partial charge in [0.25, 0.3) is 0 Å².